The van der Waals surface area contributed by atoms with E-state index in [4.69, 9.17) is 19.6 Å². The minimum absolute atomic E-state index is 0.0205. The van der Waals surface area contributed by atoms with Crippen molar-refractivity contribution in [3.63, 3.8) is 0 Å². The van der Waals surface area contributed by atoms with E-state index >= 15 is 0 Å². The normalized spacial score (nSPS) is 17.3. The fraction of sp³-hybridized carbons (Fsp3) is 0.516. The molecule has 2 aliphatic rings. The second kappa shape index (κ2) is 11.9. The predicted octanol–water partition coefficient (Wildman–Crippen LogP) is 5.66. The number of methoxy groups -OCH3 is 1. The molecule has 0 radical (unpaired) electrons. The van der Waals surface area contributed by atoms with E-state index in [1.807, 2.05) is 0 Å². The number of piperidine rings is 1. The summed E-state index contributed by atoms with van der Waals surface area (Å²) in [6.45, 7) is 6.40. The van der Waals surface area contributed by atoms with E-state index in [2.05, 4.69) is 5.32 Å². The number of nitrogen functional groups attached to an aromatic ring is 1. The van der Waals surface area contributed by atoms with E-state index in [1.54, 1.807) is 25.7 Å². The van der Waals surface area contributed by atoms with Crippen molar-refractivity contribution in [3.8, 4) is 5.75 Å². The Labute approximate surface area is 258 Å². The van der Waals surface area contributed by atoms with Gasteiger partial charge in [-0.25, -0.2) is 4.79 Å². The van der Waals surface area contributed by atoms with Gasteiger partial charge in [-0.2, -0.15) is 13.2 Å². The van der Waals surface area contributed by atoms with Crippen molar-refractivity contribution < 1.29 is 41.4 Å². The molecule has 14 heteroatoms. The zero-order valence-corrected chi connectivity index (χ0v) is 25.9. The van der Waals surface area contributed by atoms with Gasteiger partial charge in [0.05, 0.1) is 12.8 Å². The van der Waals surface area contributed by atoms with Crippen LogP contribution in [0.5, 0.6) is 5.75 Å². The zero-order valence-electron chi connectivity index (χ0n) is 25.9. The number of alkyl halides is 3. The van der Waals surface area contributed by atoms with E-state index in [-0.39, 0.29) is 63.9 Å². The fourth-order valence-corrected chi connectivity index (χ4v) is 5.58. The van der Waals surface area contributed by atoms with Crippen LogP contribution in [0.15, 0.2) is 28.7 Å². The molecule has 11 nitrogen and oxygen atoms in total. The minimum atomic E-state index is -4.66. The molecule has 244 valence electrons. The fourth-order valence-electron chi connectivity index (χ4n) is 5.58. The molecule has 5 rings (SSSR count). The van der Waals surface area contributed by atoms with Crippen molar-refractivity contribution >= 4 is 40.4 Å². The van der Waals surface area contributed by atoms with Gasteiger partial charge in [0.15, 0.2) is 0 Å². The van der Waals surface area contributed by atoms with E-state index in [0.717, 1.165) is 18.9 Å². The Morgan fingerprint density at radius 1 is 1.11 bits per heavy atom. The molecule has 1 aromatic carbocycles. The molecular weight excluding hydrogens is 595 g/mol. The van der Waals surface area contributed by atoms with Gasteiger partial charge in [-0.15, -0.1) is 0 Å². The van der Waals surface area contributed by atoms with Crippen LogP contribution in [0.25, 0.3) is 11.1 Å². The van der Waals surface area contributed by atoms with Crippen LogP contribution in [0.1, 0.15) is 73.1 Å². The highest BCUT2D eigenvalue weighted by molar-refractivity contribution is 6.10. The van der Waals surface area contributed by atoms with Gasteiger partial charge in [0.1, 0.15) is 22.7 Å². The number of aromatic nitrogens is 1. The number of furan rings is 1. The number of carbonyl (C=O) groups excluding carboxylic acids is 3. The first-order valence-corrected chi connectivity index (χ1v) is 14.8. The molecule has 2 aromatic heterocycles. The maximum atomic E-state index is 13.8. The number of carbonyl (C=O) groups is 3. The number of hydrogen-bond acceptors (Lipinski definition) is 7. The van der Waals surface area contributed by atoms with Crippen molar-refractivity contribution in [2.75, 3.05) is 37.9 Å². The number of benzene rings is 1. The number of anilines is 2. The zero-order chi connectivity index (χ0) is 32.8. The van der Waals surface area contributed by atoms with E-state index < -0.39 is 29.5 Å². The molecule has 2 fully saturated rings. The van der Waals surface area contributed by atoms with Crippen LogP contribution in [-0.2, 0) is 17.5 Å². The van der Waals surface area contributed by atoms with Crippen molar-refractivity contribution in [2.24, 2.45) is 5.92 Å². The molecule has 1 saturated heterocycles. The van der Waals surface area contributed by atoms with Gasteiger partial charge in [-0.05, 0) is 76.6 Å². The lowest BCUT2D eigenvalue weighted by Gasteiger charge is -2.34. The van der Waals surface area contributed by atoms with E-state index in [1.165, 1.54) is 41.8 Å². The Hall–Kier alpha value is -4.36. The van der Waals surface area contributed by atoms with Crippen LogP contribution in [0.2, 0.25) is 0 Å². The number of nitrogens with one attached hydrogen (secondary N) is 1. The topological polar surface area (TPSA) is 132 Å². The smallest absolute Gasteiger partial charge is 0.449 e. The van der Waals surface area contributed by atoms with Crippen LogP contribution in [0.4, 0.5) is 29.3 Å². The molecule has 0 bridgehead atoms. The lowest BCUT2D eigenvalue weighted by atomic mass is 10.0. The highest BCUT2D eigenvalue weighted by Gasteiger charge is 2.37. The highest BCUT2D eigenvalue weighted by Crippen LogP contribution is 2.40. The van der Waals surface area contributed by atoms with Crippen LogP contribution in [-0.4, -0.2) is 66.3 Å². The Morgan fingerprint density at radius 2 is 1.82 bits per heavy atom. The second-order valence-electron chi connectivity index (χ2n) is 12.7. The van der Waals surface area contributed by atoms with Crippen LogP contribution in [0, 0.1) is 5.92 Å². The lowest BCUT2D eigenvalue weighted by Crippen LogP contribution is -2.50. The number of likely N-dealkylation sites (tertiary alicyclic amines) is 1. The number of halogens is 3. The summed E-state index contributed by atoms with van der Waals surface area (Å²) in [5.41, 5.74) is 6.42. The Kier molecular flexibility index (Phi) is 8.45. The highest BCUT2D eigenvalue weighted by atomic mass is 19.4. The monoisotopic (exact) mass is 633 g/mol. The molecule has 3 aromatic rings. The SMILES string of the molecule is COc1cc(C(=O)N2CCC[C@@H](NC(=O)OC(C)(C)C)C2)cc(N)c1N(C)C(=O)c1cc2cc(C(F)(F)F)oc2n1CC1CC1. The quantitative estimate of drug-likeness (QED) is 0.321. The van der Waals surface area contributed by atoms with Crippen molar-refractivity contribution in [2.45, 2.75) is 70.8 Å². The Balaban J connectivity index is 1.38. The first-order valence-electron chi connectivity index (χ1n) is 14.8. The molecule has 45 heavy (non-hydrogen) atoms. The van der Waals surface area contributed by atoms with Gasteiger partial charge in [-0.1, -0.05) is 0 Å². The number of fused-ring (bicyclic) bond motifs is 1. The summed E-state index contributed by atoms with van der Waals surface area (Å²) in [7, 11) is 2.86. The second-order valence-corrected chi connectivity index (χ2v) is 12.7. The average Bonchev–Trinajstić information content (AvgIpc) is 3.56. The predicted molar refractivity (Wildman–Crippen MR) is 160 cm³/mol. The number of nitrogens with two attached hydrogens (primary N) is 1. The number of amides is 3. The van der Waals surface area contributed by atoms with Crippen LogP contribution in [0.3, 0.4) is 0 Å². The molecule has 3 heterocycles. The molecule has 0 spiro atoms. The number of rotatable bonds is 7. The molecular formula is C31H38F3N5O6. The third kappa shape index (κ3) is 6.99. The summed E-state index contributed by atoms with van der Waals surface area (Å²) in [6, 6.07) is 4.93. The molecule has 3 N–H and O–H groups in total. The van der Waals surface area contributed by atoms with Gasteiger partial charge in [0.25, 0.3) is 11.8 Å². The molecule has 0 unspecified atom stereocenters. The summed E-state index contributed by atoms with van der Waals surface area (Å²) >= 11 is 0. The van der Waals surface area contributed by atoms with Gasteiger partial charge in [-0.3, -0.25) is 9.59 Å². The number of hydrogen-bond donors (Lipinski definition) is 2. The number of ether oxygens (including phenoxy) is 2. The third-order valence-corrected chi connectivity index (χ3v) is 7.85. The number of nitrogens with zero attached hydrogens (tertiary/aromatic N) is 3. The molecule has 1 aliphatic heterocycles. The van der Waals surface area contributed by atoms with Crippen molar-refractivity contribution in [3.05, 3.63) is 41.3 Å². The minimum Gasteiger partial charge on any atom is -0.494 e. The van der Waals surface area contributed by atoms with Gasteiger partial charge < -0.3 is 39.3 Å². The first kappa shape index (κ1) is 32.0. The van der Waals surface area contributed by atoms with E-state index in [9.17, 15) is 27.6 Å². The van der Waals surface area contributed by atoms with Crippen LogP contribution >= 0.6 is 0 Å². The molecule has 1 atom stereocenters. The standard InChI is InChI=1S/C31H38F3N5O6/c1-30(2,3)45-29(42)36-20-7-6-10-38(16-20)26(40)18-11-21(35)25(23(13-18)43-5)37(4)27(41)22-12-19-14-24(31(32,33)34)44-28(19)39(22)15-17-8-9-17/h11-14,17,20H,6-10,15-16,35H2,1-5H3,(H,36,42)/t20-/m1/s1. The van der Waals surface area contributed by atoms with Gasteiger partial charge in [0.2, 0.25) is 11.5 Å². The van der Waals surface area contributed by atoms with Gasteiger partial charge in [0, 0.05) is 43.7 Å². The summed E-state index contributed by atoms with van der Waals surface area (Å²) in [6.07, 6.45) is -2.05. The third-order valence-electron chi connectivity index (χ3n) is 7.85. The largest absolute Gasteiger partial charge is 0.494 e. The summed E-state index contributed by atoms with van der Waals surface area (Å²) in [5, 5.41) is 2.99. The maximum Gasteiger partial charge on any atom is 0.449 e. The summed E-state index contributed by atoms with van der Waals surface area (Å²) in [5.74, 6) is -1.59. The molecule has 1 aliphatic carbocycles. The van der Waals surface area contributed by atoms with Crippen molar-refractivity contribution in [1.29, 1.82) is 0 Å². The Morgan fingerprint density at radius 3 is 2.44 bits per heavy atom. The Bertz CT molecular complexity index is 1620. The average molecular weight is 634 g/mol. The van der Waals surface area contributed by atoms with Crippen LogP contribution < -0.4 is 20.7 Å². The first-order chi connectivity index (χ1) is 21.1. The van der Waals surface area contributed by atoms with E-state index in [0.29, 0.717) is 25.9 Å². The lowest BCUT2D eigenvalue weighted by molar-refractivity contribution is -0.152. The molecule has 3 amide bonds. The molecule has 1 saturated carbocycles. The summed E-state index contributed by atoms with van der Waals surface area (Å²) < 4.78 is 57.5. The van der Waals surface area contributed by atoms with Gasteiger partial charge >= 0.3 is 12.3 Å². The van der Waals surface area contributed by atoms with Crippen molar-refractivity contribution in [1.82, 2.24) is 14.8 Å². The maximum absolute atomic E-state index is 13.8. The summed E-state index contributed by atoms with van der Waals surface area (Å²) in [4.78, 5) is 42.5. The number of alkyl carbamates (subject to hydrolysis) is 1.